The predicted octanol–water partition coefficient (Wildman–Crippen LogP) is 16.4. The summed E-state index contributed by atoms with van der Waals surface area (Å²) in [5.74, 6) is 2.94. The predicted molar refractivity (Wildman–Crippen MR) is 308 cm³/mol. The molecule has 17 heteroatoms. The third kappa shape index (κ3) is 11.9. The topological polar surface area (TPSA) is 196 Å². The molecule has 0 saturated heterocycles. The molecule has 0 fully saturated rings. The molecule has 2 aromatic heterocycles. The number of nitrogens with zero attached hydrogens (tertiary/aromatic N) is 4. The maximum absolute atomic E-state index is 13.0. The van der Waals surface area contributed by atoms with E-state index in [2.05, 4.69) is 34.9 Å². The Kier molecular flexibility index (Phi) is 13.9. The molecular weight excluding hydrogens is 1040 g/mol. The summed E-state index contributed by atoms with van der Waals surface area (Å²) in [6.45, 7) is 0. The van der Waals surface area contributed by atoms with Crippen molar-refractivity contribution in [3.8, 4) is 46.8 Å². The average Bonchev–Trinajstić information content (AvgIpc) is 3.46. The van der Waals surface area contributed by atoms with Gasteiger partial charge in [0.2, 0.25) is 11.8 Å². The molecule has 10 aromatic carbocycles. The van der Waals surface area contributed by atoms with Crippen LogP contribution in [-0.4, -0.2) is 38.2 Å². The smallest absolute Gasteiger partial charge is 0.327 e. The molecule has 79 heavy (non-hydrogen) atoms. The Morgan fingerprint density at radius 1 is 0.405 bits per heavy atom. The molecule has 0 atom stereocenters. The molecule has 15 nitrogen and oxygen atoms in total. The Morgan fingerprint density at radius 2 is 0.785 bits per heavy atom. The van der Waals surface area contributed by atoms with E-state index in [0.29, 0.717) is 57.0 Å². The Hall–Kier alpha value is -9.88. The van der Waals surface area contributed by atoms with Gasteiger partial charge in [-0.25, -0.2) is 5.26 Å². The highest BCUT2D eigenvalue weighted by Crippen LogP contribution is 2.36. The summed E-state index contributed by atoms with van der Waals surface area (Å²) in [5, 5.41) is 24.2. The molecule has 12 rings (SSSR count). The second-order valence-corrected chi connectivity index (χ2v) is 20.1. The SMILES string of the molecule is O=S(=O)(O)c1cc(Nc2cc(Oc3ccc4ccccc4c3)nc(Oc3ccc4ccccc4c3)n2)ccc1/C=C/c1ccc(Nc2cc(Oc3ccc4ccccc4c3)nc(Oc3ccc4ccccc4c3)n2)cc1SOO. The van der Waals surface area contributed by atoms with Crippen LogP contribution in [0.5, 0.6) is 46.8 Å². The van der Waals surface area contributed by atoms with E-state index >= 15 is 0 Å². The Morgan fingerprint density at radius 3 is 1.20 bits per heavy atom. The lowest BCUT2D eigenvalue weighted by molar-refractivity contribution is -0.116. The lowest BCUT2D eigenvalue weighted by atomic mass is 10.1. The summed E-state index contributed by atoms with van der Waals surface area (Å²) in [7, 11) is -4.80. The van der Waals surface area contributed by atoms with Gasteiger partial charge in [-0.15, -0.1) is 0 Å². The lowest BCUT2D eigenvalue weighted by Gasteiger charge is -2.13. The highest BCUT2D eigenvalue weighted by atomic mass is 32.2. The van der Waals surface area contributed by atoms with E-state index in [1.807, 2.05) is 170 Å². The van der Waals surface area contributed by atoms with Gasteiger partial charge in [0.25, 0.3) is 10.1 Å². The maximum atomic E-state index is 13.0. The van der Waals surface area contributed by atoms with Gasteiger partial charge in [0.15, 0.2) is 0 Å². The monoisotopic (exact) mass is 1080 g/mol. The van der Waals surface area contributed by atoms with E-state index in [9.17, 15) is 18.2 Å². The zero-order valence-electron chi connectivity index (χ0n) is 41.3. The second-order valence-electron chi connectivity index (χ2n) is 17.9. The lowest BCUT2D eigenvalue weighted by Crippen LogP contribution is -2.04. The van der Waals surface area contributed by atoms with Crippen molar-refractivity contribution < 1.29 is 41.5 Å². The standard InChI is InChI=1S/C62H42N6O9S2/c69-77-78-55-35-49(63-57-37-59(73-51-27-21-39-9-1-5-13-45(39)31-51)67-61(65-57)75-53-29-23-41-11-3-7-15-47(41)33-53)25-19-43(55)17-18-44-20-26-50(36-56(44)79(70,71)72)64-58-38-60(74-52-28-22-40-10-2-6-14-46(40)32-52)68-62(66-58)76-54-30-24-42-12-4-8-16-48(42)34-54/h1-38,69H,(H,63,65,67)(H,64,66,68)(H,70,71,72)/b18-17+. The first kappa shape index (κ1) is 50.0. The van der Waals surface area contributed by atoms with Crippen LogP contribution in [0.15, 0.2) is 228 Å². The molecule has 0 saturated carbocycles. The highest BCUT2D eigenvalue weighted by Gasteiger charge is 2.18. The highest BCUT2D eigenvalue weighted by molar-refractivity contribution is 7.94. The van der Waals surface area contributed by atoms with E-state index in [0.717, 1.165) is 43.1 Å². The summed E-state index contributed by atoms with van der Waals surface area (Å²) in [6.07, 6.45) is 3.14. The van der Waals surface area contributed by atoms with Gasteiger partial charge in [-0.1, -0.05) is 146 Å². The quantitative estimate of drug-likeness (QED) is 0.0221. The van der Waals surface area contributed by atoms with Crippen molar-refractivity contribution in [2.75, 3.05) is 10.6 Å². The molecule has 0 radical (unpaired) electrons. The van der Waals surface area contributed by atoms with Gasteiger partial charge in [0.05, 0.1) is 12.0 Å². The van der Waals surface area contributed by atoms with Crippen LogP contribution >= 0.6 is 12.0 Å². The van der Waals surface area contributed by atoms with Crippen LogP contribution < -0.4 is 29.6 Å². The summed E-state index contributed by atoms with van der Waals surface area (Å²) in [5.41, 5.74) is 1.46. The number of anilines is 4. The number of rotatable bonds is 17. The summed E-state index contributed by atoms with van der Waals surface area (Å²) < 4.78 is 66.2. The minimum absolute atomic E-state index is 0.0169. The largest absolute Gasteiger partial charge is 0.439 e. The molecule has 4 N–H and O–H groups in total. The van der Waals surface area contributed by atoms with E-state index < -0.39 is 15.0 Å². The third-order valence-corrected chi connectivity index (χ3v) is 14.0. The van der Waals surface area contributed by atoms with Crippen LogP contribution in [0.3, 0.4) is 0 Å². The fourth-order valence-corrected chi connectivity index (χ4v) is 10.0. The van der Waals surface area contributed by atoms with Crippen molar-refractivity contribution >= 4 is 100 Å². The van der Waals surface area contributed by atoms with E-state index in [1.54, 1.807) is 42.5 Å². The van der Waals surface area contributed by atoms with E-state index in [4.69, 9.17) is 18.9 Å². The Balaban J connectivity index is 0.815. The number of nitrogens with one attached hydrogen (secondary N) is 2. The summed E-state index contributed by atoms with van der Waals surface area (Å²) in [4.78, 5) is 18.4. The number of hydrogen-bond acceptors (Lipinski definition) is 15. The zero-order valence-corrected chi connectivity index (χ0v) is 42.9. The number of ether oxygens (including phenoxy) is 4. The average molecular weight is 1080 g/mol. The van der Waals surface area contributed by atoms with Crippen LogP contribution in [0.25, 0.3) is 55.2 Å². The zero-order chi connectivity index (χ0) is 53.7. The Bertz CT molecular complexity index is 4230. The number of fused-ring (bicyclic) bond motifs is 4. The first-order valence-electron chi connectivity index (χ1n) is 24.5. The molecule has 0 aliphatic heterocycles. The van der Waals surface area contributed by atoms with Crippen LogP contribution in [0.1, 0.15) is 11.1 Å². The fourth-order valence-electron chi connectivity index (χ4n) is 8.82. The molecule has 0 bridgehead atoms. The minimum atomic E-state index is -4.80. The van der Waals surface area contributed by atoms with Gasteiger partial charge < -0.3 is 29.6 Å². The van der Waals surface area contributed by atoms with Gasteiger partial charge >= 0.3 is 12.0 Å². The summed E-state index contributed by atoms with van der Waals surface area (Å²) in [6, 6.07) is 67.1. The maximum Gasteiger partial charge on any atom is 0.327 e. The summed E-state index contributed by atoms with van der Waals surface area (Å²) >= 11 is 0.662. The first-order valence-corrected chi connectivity index (χ1v) is 26.7. The number of aromatic nitrogens is 4. The van der Waals surface area contributed by atoms with Crippen LogP contribution in [0, 0.1) is 0 Å². The van der Waals surface area contributed by atoms with E-state index in [-0.39, 0.29) is 40.8 Å². The first-order chi connectivity index (χ1) is 38.6. The molecule has 0 amide bonds. The minimum Gasteiger partial charge on any atom is -0.439 e. The molecule has 0 spiro atoms. The van der Waals surface area contributed by atoms with Crippen LogP contribution in [0.4, 0.5) is 23.0 Å². The molecular formula is C62H42N6O9S2. The van der Waals surface area contributed by atoms with Gasteiger partial charge in [0.1, 0.15) is 39.5 Å². The number of hydrogen-bond donors (Lipinski definition) is 4. The van der Waals surface area contributed by atoms with Crippen molar-refractivity contribution in [2.45, 2.75) is 9.79 Å². The van der Waals surface area contributed by atoms with Crippen LogP contribution in [0.2, 0.25) is 0 Å². The van der Waals surface area contributed by atoms with Gasteiger partial charge in [0, 0.05) is 28.4 Å². The van der Waals surface area contributed by atoms with Gasteiger partial charge in [-0.3, -0.25) is 4.55 Å². The fraction of sp³-hybridized carbons (Fsp3) is 0. The molecule has 386 valence electrons. The number of benzene rings is 10. The van der Waals surface area contributed by atoms with Gasteiger partial charge in [-0.2, -0.15) is 32.7 Å². The second kappa shape index (κ2) is 22.0. The molecule has 0 aliphatic carbocycles. The van der Waals surface area contributed by atoms with Crippen LogP contribution in [-0.2, 0) is 14.5 Å². The Labute approximate surface area is 456 Å². The molecule has 12 aromatic rings. The van der Waals surface area contributed by atoms with Crippen molar-refractivity contribution in [2.24, 2.45) is 0 Å². The van der Waals surface area contributed by atoms with E-state index in [1.165, 1.54) is 18.2 Å². The third-order valence-electron chi connectivity index (χ3n) is 12.5. The van der Waals surface area contributed by atoms with Crippen molar-refractivity contribution in [1.82, 2.24) is 19.9 Å². The molecule has 0 aliphatic rings. The molecule has 2 heterocycles. The van der Waals surface area contributed by atoms with Crippen molar-refractivity contribution in [3.05, 3.63) is 230 Å². The van der Waals surface area contributed by atoms with Gasteiger partial charge in [-0.05, 0) is 127 Å². The van der Waals surface area contributed by atoms with Crippen molar-refractivity contribution in [3.63, 3.8) is 0 Å². The molecule has 0 unspecified atom stereocenters. The normalized spacial score (nSPS) is 11.6. The van der Waals surface area contributed by atoms with Crippen molar-refractivity contribution in [1.29, 1.82) is 0 Å².